The molecule has 0 atom stereocenters. The standard InChI is InChI=1S/C18H15N3O2/c19-11-12-2-1-3-14(10-12)18(23)21-15-6-4-13(5-7-15)17(22)20-16-8-9-16/h1-7,10,16H,8-9H2,(H,20,22)(H,21,23). The van der Waals surface area contributed by atoms with Gasteiger partial charge in [-0.2, -0.15) is 5.26 Å². The molecule has 5 heteroatoms. The molecule has 2 aromatic rings. The SMILES string of the molecule is N#Cc1cccc(C(=O)Nc2ccc(C(=O)NC3CC3)cc2)c1. The number of hydrogen-bond acceptors (Lipinski definition) is 3. The van der Waals surface area contributed by atoms with E-state index in [0.29, 0.717) is 28.4 Å². The number of benzene rings is 2. The van der Waals surface area contributed by atoms with Crippen LogP contribution in [0.2, 0.25) is 0 Å². The van der Waals surface area contributed by atoms with Crippen molar-refractivity contribution in [3.05, 3.63) is 65.2 Å². The molecule has 0 saturated heterocycles. The van der Waals surface area contributed by atoms with Crippen molar-refractivity contribution in [3.63, 3.8) is 0 Å². The predicted octanol–water partition coefficient (Wildman–Crippen LogP) is 2.70. The minimum Gasteiger partial charge on any atom is -0.349 e. The van der Waals surface area contributed by atoms with Crippen LogP contribution in [0.15, 0.2) is 48.5 Å². The summed E-state index contributed by atoms with van der Waals surface area (Å²) in [5, 5.41) is 14.5. The molecule has 0 bridgehead atoms. The molecule has 1 aliphatic rings. The number of nitrogens with zero attached hydrogens (tertiary/aromatic N) is 1. The van der Waals surface area contributed by atoms with E-state index in [1.54, 1.807) is 42.5 Å². The Labute approximate surface area is 133 Å². The number of carbonyl (C=O) groups is 2. The van der Waals surface area contributed by atoms with Crippen LogP contribution in [-0.4, -0.2) is 17.9 Å². The number of hydrogen-bond donors (Lipinski definition) is 2. The third-order valence-electron chi connectivity index (χ3n) is 3.57. The Bertz CT molecular complexity index is 787. The first-order valence-corrected chi connectivity index (χ1v) is 7.38. The van der Waals surface area contributed by atoms with Gasteiger partial charge in [0, 0.05) is 22.9 Å². The fourth-order valence-corrected chi connectivity index (χ4v) is 2.13. The number of nitrogens with one attached hydrogen (secondary N) is 2. The smallest absolute Gasteiger partial charge is 0.255 e. The lowest BCUT2D eigenvalue weighted by Gasteiger charge is -2.07. The van der Waals surface area contributed by atoms with E-state index in [2.05, 4.69) is 10.6 Å². The van der Waals surface area contributed by atoms with Crippen LogP contribution >= 0.6 is 0 Å². The molecule has 23 heavy (non-hydrogen) atoms. The Morgan fingerprint density at radius 3 is 2.39 bits per heavy atom. The molecule has 2 amide bonds. The normalized spacial score (nSPS) is 13.0. The summed E-state index contributed by atoms with van der Waals surface area (Å²) in [6, 6.07) is 15.5. The van der Waals surface area contributed by atoms with Gasteiger partial charge in [-0.15, -0.1) is 0 Å². The van der Waals surface area contributed by atoms with Crippen molar-refractivity contribution in [1.82, 2.24) is 5.32 Å². The van der Waals surface area contributed by atoms with Crippen LogP contribution in [0.5, 0.6) is 0 Å². The minimum absolute atomic E-state index is 0.0907. The first kappa shape index (κ1) is 14.8. The molecule has 2 N–H and O–H groups in total. The molecule has 5 nitrogen and oxygen atoms in total. The van der Waals surface area contributed by atoms with E-state index in [9.17, 15) is 9.59 Å². The highest BCUT2D eigenvalue weighted by molar-refractivity contribution is 6.04. The predicted molar refractivity (Wildman–Crippen MR) is 86.0 cm³/mol. The molecule has 2 aromatic carbocycles. The lowest BCUT2D eigenvalue weighted by atomic mass is 10.1. The molecule has 1 fully saturated rings. The van der Waals surface area contributed by atoms with E-state index in [0.717, 1.165) is 12.8 Å². The van der Waals surface area contributed by atoms with Gasteiger partial charge in [-0.1, -0.05) is 6.07 Å². The Kier molecular flexibility index (Phi) is 4.07. The van der Waals surface area contributed by atoms with Gasteiger partial charge in [0.2, 0.25) is 0 Å². The molecule has 0 heterocycles. The number of carbonyl (C=O) groups excluding carboxylic acids is 2. The summed E-state index contributed by atoms with van der Waals surface area (Å²) in [7, 11) is 0. The van der Waals surface area contributed by atoms with E-state index in [1.165, 1.54) is 6.07 Å². The lowest BCUT2D eigenvalue weighted by Crippen LogP contribution is -2.25. The molecular formula is C18H15N3O2. The van der Waals surface area contributed by atoms with Crippen molar-refractivity contribution in [2.45, 2.75) is 18.9 Å². The van der Waals surface area contributed by atoms with Crippen LogP contribution < -0.4 is 10.6 Å². The molecule has 1 saturated carbocycles. The average molecular weight is 305 g/mol. The number of nitriles is 1. The highest BCUT2D eigenvalue weighted by Crippen LogP contribution is 2.20. The Balaban J connectivity index is 1.66. The van der Waals surface area contributed by atoms with Gasteiger partial charge in [0.1, 0.15) is 0 Å². The topological polar surface area (TPSA) is 82.0 Å². The van der Waals surface area contributed by atoms with Crippen molar-refractivity contribution in [2.24, 2.45) is 0 Å². The molecule has 3 rings (SSSR count). The molecule has 0 aromatic heterocycles. The maximum Gasteiger partial charge on any atom is 0.255 e. The highest BCUT2D eigenvalue weighted by Gasteiger charge is 2.23. The van der Waals surface area contributed by atoms with Crippen LogP contribution in [0.4, 0.5) is 5.69 Å². The second-order valence-electron chi connectivity index (χ2n) is 5.47. The number of amides is 2. The van der Waals surface area contributed by atoms with Crippen LogP contribution in [-0.2, 0) is 0 Å². The largest absolute Gasteiger partial charge is 0.349 e. The van der Waals surface area contributed by atoms with Crippen molar-refractivity contribution < 1.29 is 9.59 Å². The van der Waals surface area contributed by atoms with E-state index < -0.39 is 0 Å². The summed E-state index contributed by atoms with van der Waals surface area (Å²) in [5.74, 6) is -0.385. The zero-order valence-electron chi connectivity index (χ0n) is 12.4. The molecule has 1 aliphatic carbocycles. The van der Waals surface area contributed by atoms with Crippen LogP contribution in [0, 0.1) is 11.3 Å². The summed E-state index contributed by atoms with van der Waals surface area (Å²) >= 11 is 0. The maximum absolute atomic E-state index is 12.2. The highest BCUT2D eigenvalue weighted by atomic mass is 16.2. The number of anilines is 1. The van der Waals surface area contributed by atoms with E-state index >= 15 is 0 Å². The minimum atomic E-state index is -0.294. The first-order chi connectivity index (χ1) is 11.2. The van der Waals surface area contributed by atoms with Crippen molar-refractivity contribution in [2.75, 3.05) is 5.32 Å². The van der Waals surface area contributed by atoms with E-state index in [1.807, 2.05) is 6.07 Å². The van der Waals surface area contributed by atoms with Crippen molar-refractivity contribution >= 4 is 17.5 Å². The number of rotatable bonds is 4. The van der Waals surface area contributed by atoms with Gasteiger partial charge in [0.05, 0.1) is 11.6 Å². The maximum atomic E-state index is 12.2. The van der Waals surface area contributed by atoms with Gasteiger partial charge in [0.25, 0.3) is 11.8 Å². The summed E-state index contributed by atoms with van der Waals surface area (Å²) in [6.45, 7) is 0. The third kappa shape index (κ3) is 3.74. The van der Waals surface area contributed by atoms with Crippen LogP contribution in [0.1, 0.15) is 39.1 Å². The zero-order chi connectivity index (χ0) is 16.2. The van der Waals surface area contributed by atoms with Gasteiger partial charge >= 0.3 is 0 Å². The molecule has 114 valence electrons. The molecule has 0 unspecified atom stereocenters. The quantitative estimate of drug-likeness (QED) is 0.911. The molecule has 0 spiro atoms. The third-order valence-corrected chi connectivity index (χ3v) is 3.57. The zero-order valence-corrected chi connectivity index (χ0v) is 12.4. The Morgan fingerprint density at radius 1 is 1.00 bits per heavy atom. The van der Waals surface area contributed by atoms with Crippen LogP contribution in [0.25, 0.3) is 0 Å². The molecule has 0 radical (unpaired) electrons. The second kappa shape index (κ2) is 6.32. The van der Waals surface area contributed by atoms with E-state index in [-0.39, 0.29) is 11.8 Å². The van der Waals surface area contributed by atoms with Gasteiger partial charge < -0.3 is 10.6 Å². The van der Waals surface area contributed by atoms with Gasteiger partial charge in [-0.25, -0.2) is 0 Å². The van der Waals surface area contributed by atoms with Crippen molar-refractivity contribution in [1.29, 1.82) is 5.26 Å². The van der Waals surface area contributed by atoms with Gasteiger partial charge in [-0.3, -0.25) is 9.59 Å². The first-order valence-electron chi connectivity index (χ1n) is 7.38. The molecular weight excluding hydrogens is 290 g/mol. The van der Waals surface area contributed by atoms with Gasteiger partial charge in [0.15, 0.2) is 0 Å². The van der Waals surface area contributed by atoms with Crippen LogP contribution in [0.3, 0.4) is 0 Å². The summed E-state index contributed by atoms with van der Waals surface area (Å²) in [6.07, 6.45) is 2.09. The Morgan fingerprint density at radius 2 is 1.74 bits per heavy atom. The summed E-state index contributed by atoms with van der Waals surface area (Å²) in [4.78, 5) is 24.0. The summed E-state index contributed by atoms with van der Waals surface area (Å²) < 4.78 is 0. The monoisotopic (exact) mass is 305 g/mol. The summed E-state index contributed by atoms with van der Waals surface area (Å²) in [5.41, 5.74) is 2.02. The van der Waals surface area contributed by atoms with E-state index in [4.69, 9.17) is 5.26 Å². The van der Waals surface area contributed by atoms with Gasteiger partial charge in [-0.05, 0) is 55.3 Å². The Hall–Kier alpha value is -3.13. The average Bonchev–Trinajstić information content (AvgIpc) is 3.39. The lowest BCUT2D eigenvalue weighted by molar-refractivity contribution is 0.0950. The fourth-order valence-electron chi connectivity index (χ4n) is 2.13. The van der Waals surface area contributed by atoms with Crippen molar-refractivity contribution in [3.8, 4) is 6.07 Å². The second-order valence-corrected chi connectivity index (χ2v) is 5.47. The fraction of sp³-hybridized carbons (Fsp3) is 0.167. The molecule has 0 aliphatic heterocycles.